The summed E-state index contributed by atoms with van der Waals surface area (Å²) in [4.78, 5) is 12.5. The molecular formula is C19H26N2O4S2. The lowest BCUT2D eigenvalue weighted by Gasteiger charge is -2.10. The fourth-order valence-corrected chi connectivity index (χ4v) is 4.65. The number of hydrogen-bond donors (Lipinski definition) is 2. The third kappa shape index (κ3) is 6.64. The molecule has 0 saturated carbocycles. The van der Waals surface area contributed by atoms with Crippen molar-refractivity contribution in [2.24, 2.45) is 5.92 Å². The molecule has 2 aromatic rings. The highest BCUT2D eigenvalue weighted by Gasteiger charge is 2.24. The predicted molar refractivity (Wildman–Crippen MR) is 109 cm³/mol. The third-order valence-corrected chi connectivity index (χ3v) is 6.27. The second kappa shape index (κ2) is 9.87. The summed E-state index contributed by atoms with van der Waals surface area (Å²) in [6.45, 7) is 7.54. The van der Waals surface area contributed by atoms with Crippen LogP contribution >= 0.6 is 11.3 Å². The molecule has 6 nitrogen and oxygen atoms in total. The first-order valence-corrected chi connectivity index (χ1v) is 11.2. The molecule has 8 heteroatoms. The Hall–Kier alpha value is -1.90. The zero-order valence-corrected chi connectivity index (χ0v) is 17.5. The Kier molecular flexibility index (Phi) is 7.82. The highest BCUT2D eigenvalue weighted by molar-refractivity contribution is 7.93. The molecule has 1 amide bonds. The maximum Gasteiger partial charge on any atom is 0.263 e. The minimum Gasteiger partial charge on any atom is -0.380 e. The van der Waals surface area contributed by atoms with Crippen LogP contribution in [0.5, 0.6) is 0 Å². The van der Waals surface area contributed by atoms with Gasteiger partial charge in [-0.3, -0.25) is 9.52 Å². The number of ether oxygens (including phenoxy) is 1. The van der Waals surface area contributed by atoms with Crippen molar-refractivity contribution in [3.05, 3.63) is 46.2 Å². The van der Waals surface area contributed by atoms with E-state index in [-0.39, 0.29) is 9.77 Å². The van der Waals surface area contributed by atoms with Crippen LogP contribution in [0.4, 0.5) is 5.69 Å². The summed E-state index contributed by atoms with van der Waals surface area (Å²) in [5.41, 5.74) is 1.49. The average molecular weight is 411 g/mol. The molecule has 2 rings (SSSR count). The summed E-state index contributed by atoms with van der Waals surface area (Å²) in [6.07, 6.45) is 0.964. The molecule has 0 atom stereocenters. The zero-order valence-electron chi connectivity index (χ0n) is 15.8. The van der Waals surface area contributed by atoms with Gasteiger partial charge in [-0.15, -0.1) is 11.3 Å². The van der Waals surface area contributed by atoms with Gasteiger partial charge in [-0.25, -0.2) is 8.42 Å². The maximum atomic E-state index is 12.6. The van der Waals surface area contributed by atoms with Gasteiger partial charge in [0.1, 0.15) is 9.77 Å². The van der Waals surface area contributed by atoms with Crippen LogP contribution < -0.4 is 10.0 Å². The van der Waals surface area contributed by atoms with Gasteiger partial charge in [0.2, 0.25) is 0 Å². The van der Waals surface area contributed by atoms with E-state index >= 15 is 0 Å². The van der Waals surface area contributed by atoms with Gasteiger partial charge in [0, 0.05) is 18.8 Å². The minimum atomic E-state index is -3.84. The summed E-state index contributed by atoms with van der Waals surface area (Å²) in [5, 5.41) is 4.31. The second-order valence-corrected chi connectivity index (χ2v) is 9.20. The van der Waals surface area contributed by atoms with Crippen molar-refractivity contribution in [2.75, 3.05) is 24.5 Å². The molecule has 27 heavy (non-hydrogen) atoms. The van der Waals surface area contributed by atoms with Crippen molar-refractivity contribution in [3.8, 4) is 0 Å². The number of thiophene rings is 1. The summed E-state index contributed by atoms with van der Waals surface area (Å²) in [5.74, 6) is 0.154. The molecule has 148 valence electrons. The minimum absolute atomic E-state index is 0.0219. The number of carbonyl (C=O) groups excluding carboxylic acids is 1. The van der Waals surface area contributed by atoms with E-state index in [1.165, 1.54) is 6.07 Å². The molecule has 0 spiro atoms. The number of carbonyl (C=O) groups is 1. The van der Waals surface area contributed by atoms with Crippen molar-refractivity contribution in [2.45, 2.75) is 32.1 Å². The van der Waals surface area contributed by atoms with Crippen molar-refractivity contribution in [3.63, 3.8) is 0 Å². The zero-order chi connectivity index (χ0) is 19.9. The summed E-state index contributed by atoms with van der Waals surface area (Å²) in [7, 11) is -3.84. The van der Waals surface area contributed by atoms with E-state index < -0.39 is 15.9 Å². The van der Waals surface area contributed by atoms with Gasteiger partial charge in [0.05, 0.1) is 6.61 Å². The Morgan fingerprint density at radius 2 is 1.85 bits per heavy atom. The number of rotatable bonds is 10. The molecule has 0 bridgehead atoms. The number of hydrogen-bond acceptors (Lipinski definition) is 5. The molecule has 0 radical (unpaired) electrons. The molecule has 1 aromatic heterocycles. The highest BCUT2D eigenvalue weighted by Crippen LogP contribution is 2.24. The topological polar surface area (TPSA) is 84.5 Å². The van der Waals surface area contributed by atoms with Crippen molar-refractivity contribution in [1.82, 2.24) is 5.32 Å². The van der Waals surface area contributed by atoms with Crippen LogP contribution in [-0.4, -0.2) is 34.1 Å². The summed E-state index contributed by atoms with van der Waals surface area (Å²) < 4.78 is 33.3. The molecule has 0 aliphatic rings. The first-order valence-electron chi connectivity index (χ1n) is 8.82. The van der Waals surface area contributed by atoms with Crippen molar-refractivity contribution >= 4 is 33.0 Å². The quantitative estimate of drug-likeness (QED) is 0.586. The first kappa shape index (κ1) is 21.4. The standard InChI is InChI=1S/C19H26N2O4S2/c1-14(2)8-11-25-12-10-20-19(22)18-17(9-13-26-18)27(23,24)21-16-6-4-15(3)5-7-16/h4-7,9,13-14,21H,8,10-12H2,1-3H3,(H,20,22). The van der Waals surface area contributed by atoms with Crippen LogP contribution in [0.25, 0.3) is 0 Å². The number of anilines is 1. The molecule has 2 N–H and O–H groups in total. The number of aryl methyl sites for hydroxylation is 1. The summed E-state index contributed by atoms with van der Waals surface area (Å²) >= 11 is 1.10. The average Bonchev–Trinajstić information content (AvgIpc) is 3.10. The summed E-state index contributed by atoms with van der Waals surface area (Å²) in [6, 6.07) is 8.45. The maximum absolute atomic E-state index is 12.6. The Labute approximate surface area is 165 Å². The van der Waals surface area contributed by atoms with Crippen LogP contribution in [0.3, 0.4) is 0 Å². The third-order valence-electron chi connectivity index (χ3n) is 3.80. The van der Waals surface area contributed by atoms with Gasteiger partial charge in [-0.2, -0.15) is 0 Å². The normalized spacial score (nSPS) is 11.6. The van der Waals surface area contributed by atoms with Gasteiger partial charge in [0.25, 0.3) is 15.9 Å². The number of amides is 1. The van der Waals surface area contributed by atoms with E-state index in [4.69, 9.17) is 4.74 Å². The van der Waals surface area contributed by atoms with Crippen molar-refractivity contribution in [1.29, 1.82) is 0 Å². The number of sulfonamides is 1. The van der Waals surface area contributed by atoms with Gasteiger partial charge >= 0.3 is 0 Å². The smallest absolute Gasteiger partial charge is 0.263 e. The lowest BCUT2D eigenvalue weighted by molar-refractivity contribution is 0.0907. The molecule has 0 saturated heterocycles. The van der Waals surface area contributed by atoms with Crippen LogP contribution in [0.2, 0.25) is 0 Å². The van der Waals surface area contributed by atoms with Gasteiger partial charge in [-0.05, 0) is 42.8 Å². The van der Waals surface area contributed by atoms with E-state index in [0.717, 1.165) is 23.3 Å². The van der Waals surface area contributed by atoms with Gasteiger partial charge in [0.15, 0.2) is 0 Å². The Morgan fingerprint density at radius 3 is 2.52 bits per heavy atom. The fraction of sp³-hybridized carbons (Fsp3) is 0.421. The van der Waals surface area contributed by atoms with E-state index in [2.05, 4.69) is 23.9 Å². The van der Waals surface area contributed by atoms with Crippen LogP contribution in [0.1, 0.15) is 35.5 Å². The van der Waals surface area contributed by atoms with Crippen LogP contribution in [0.15, 0.2) is 40.6 Å². The Balaban J connectivity index is 1.95. The monoisotopic (exact) mass is 410 g/mol. The Morgan fingerprint density at radius 1 is 1.15 bits per heavy atom. The number of nitrogens with one attached hydrogen (secondary N) is 2. The van der Waals surface area contributed by atoms with E-state index in [9.17, 15) is 13.2 Å². The second-order valence-electron chi connectivity index (χ2n) is 6.64. The molecule has 1 heterocycles. The molecular weight excluding hydrogens is 384 g/mol. The molecule has 0 unspecified atom stereocenters. The van der Waals surface area contributed by atoms with Crippen LogP contribution in [0, 0.1) is 12.8 Å². The molecule has 0 aliphatic heterocycles. The highest BCUT2D eigenvalue weighted by atomic mass is 32.2. The fourth-order valence-electron chi connectivity index (χ4n) is 2.24. The van der Waals surface area contributed by atoms with E-state index in [0.29, 0.717) is 31.4 Å². The lowest BCUT2D eigenvalue weighted by atomic mass is 10.1. The molecule has 0 fully saturated rings. The van der Waals surface area contributed by atoms with Crippen LogP contribution in [-0.2, 0) is 14.8 Å². The van der Waals surface area contributed by atoms with Crippen molar-refractivity contribution < 1.29 is 17.9 Å². The Bertz CT molecular complexity index is 843. The van der Waals surface area contributed by atoms with E-state index in [1.807, 2.05) is 19.1 Å². The molecule has 1 aromatic carbocycles. The van der Waals surface area contributed by atoms with Gasteiger partial charge < -0.3 is 10.1 Å². The first-order chi connectivity index (χ1) is 12.8. The SMILES string of the molecule is Cc1ccc(NS(=O)(=O)c2ccsc2C(=O)NCCOCCC(C)C)cc1. The number of benzene rings is 1. The van der Waals surface area contributed by atoms with Gasteiger partial charge in [-0.1, -0.05) is 31.5 Å². The molecule has 0 aliphatic carbocycles. The van der Waals surface area contributed by atoms with E-state index in [1.54, 1.807) is 17.5 Å². The lowest BCUT2D eigenvalue weighted by Crippen LogP contribution is -2.28. The largest absolute Gasteiger partial charge is 0.380 e. The predicted octanol–water partition coefficient (Wildman–Crippen LogP) is 3.65.